The Balaban J connectivity index is 1.67. The third kappa shape index (κ3) is 4.42. The van der Waals surface area contributed by atoms with Gasteiger partial charge in [-0.15, -0.1) is 0 Å². The number of benzene rings is 2. The molecular weight excluding hydrogens is 364 g/mol. The number of hydrogen-bond donors (Lipinski definition) is 2. The molecule has 0 saturated heterocycles. The molecule has 3 rings (SSSR count). The van der Waals surface area contributed by atoms with Crippen molar-refractivity contribution >= 4 is 40.4 Å². The van der Waals surface area contributed by atoms with Crippen LogP contribution in [-0.2, 0) is 6.54 Å². The quantitative estimate of drug-likeness (QED) is 0.597. The van der Waals surface area contributed by atoms with Crippen molar-refractivity contribution in [2.45, 2.75) is 27.3 Å². The Hall–Kier alpha value is -2.37. The van der Waals surface area contributed by atoms with Crippen LogP contribution in [-0.4, -0.2) is 14.9 Å². The molecule has 0 atom stereocenters. The maximum absolute atomic E-state index is 5.94. The van der Waals surface area contributed by atoms with Crippen LogP contribution in [0.25, 0.3) is 0 Å². The summed E-state index contributed by atoms with van der Waals surface area (Å²) in [7, 11) is 0. The summed E-state index contributed by atoms with van der Waals surface area (Å²) in [6, 6.07) is 15.9. The maximum Gasteiger partial charge on any atom is 0.176 e. The zero-order chi connectivity index (χ0) is 18.7. The molecule has 0 amide bonds. The smallest absolute Gasteiger partial charge is 0.176 e. The molecule has 0 fully saturated rings. The number of hydrogen-bond acceptors (Lipinski definition) is 2. The number of thiocarbonyl (C=S) groups is 1. The molecule has 2 aromatic carbocycles. The van der Waals surface area contributed by atoms with E-state index < -0.39 is 0 Å². The summed E-state index contributed by atoms with van der Waals surface area (Å²) in [5.41, 5.74) is 5.60. The number of aromatic nitrogens is 2. The minimum Gasteiger partial charge on any atom is -0.332 e. The Morgan fingerprint density at radius 1 is 1.08 bits per heavy atom. The van der Waals surface area contributed by atoms with Gasteiger partial charge in [0.2, 0.25) is 0 Å². The van der Waals surface area contributed by atoms with Crippen molar-refractivity contribution in [3.63, 3.8) is 0 Å². The van der Waals surface area contributed by atoms with Crippen LogP contribution in [0.1, 0.15) is 22.4 Å². The second-order valence-corrected chi connectivity index (χ2v) is 7.13. The standard InChI is InChI=1S/C20H21ClN4S/c1-13-5-4-6-18(15(13)3)22-20(26)23-19-11-14(2)25(24-19)12-16-7-9-17(21)10-8-16/h4-11H,12H2,1-3H3,(H2,22,23,24,26). The fourth-order valence-electron chi connectivity index (χ4n) is 2.65. The molecule has 1 heterocycles. The van der Waals surface area contributed by atoms with Gasteiger partial charge in [-0.25, -0.2) is 0 Å². The Kier molecular flexibility index (Phi) is 5.59. The average Bonchev–Trinajstić information content (AvgIpc) is 2.93. The molecule has 0 aliphatic carbocycles. The molecule has 0 aliphatic rings. The summed E-state index contributed by atoms with van der Waals surface area (Å²) in [6.45, 7) is 6.86. The molecule has 2 N–H and O–H groups in total. The van der Waals surface area contributed by atoms with Crippen molar-refractivity contribution in [2.75, 3.05) is 10.6 Å². The molecule has 0 aliphatic heterocycles. The number of nitrogens with one attached hydrogen (secondary N) is 2. The molecule has 4 nitrogen and oxygen atoms in total. The first-order valence-electron chi connectivity index (χ1n) is 8.35. The van der Waals surface area contributed by atoms with Crippen LogP contribution in [0.4, 0.5) is 11.5 Å². The van der Waals surface area contributed by atoms with E-state index in [1.807, 2.05) is 54.1 Å². The predicted molar refractivity (Wildman–Crippen MR) is 113 cm³/mol. The fraction of sp³-hybridized carbons (Fsp3) is 0.200. The second kappa shape index (κ2) is 7.89. The summed E-state index contributed by atoms with van der Waals surface area (Å²) >= 11 is 11.4. The molecule has 3 aromatic rings. The minimum atomic E-state index is 0.523. The molecule has 0 unspecified atom stereocenters. The molecule has 134 valence electrons. The number of aryl methyl sites for hydroxylation is 2. The zero-order valence-electron chi connectivity index (χ0n) is 15.0. The van der Waals surface area contributed by atoms with Gasteiger partial charge in [-0.05, 0) is 67.9 Å². The molecule has 6 heteroatoms. The molecule has 0 saturated carbocycles. The predicted octanol–water partition coefficient (Wildman–Crippen LogP) is 5.32. The molecular formula is C20H21ClN4S. The summed E-state index contributed by atoms with van der Waals surface area (Å²) < 4.78 is 1.94. The monoisotopic (exact) mass is 384 g/mol. The van der Waals surface area contributed by atoms with Gasteiger partial charge in [0, 0.05) is 22.5 Å². The topological polar surface area (TPSA) is 41.9 Å². The number of halogens is 1. The molecule has 1 aromatic heterocycles. The highest BCUT2D eigenvalue weighted by Gasteiger charge is 2.08. The SMILES string of the molecule is Cc1cccc(NC(=S)Nc2cc(C)n(Cc3ccc(Cl)cc3)n2)c1C. The first-order valence-corrected chi connectivity index (χ1v) is 9.14. The van der Waals surface area contributed by atoms with Crippen LogP contribution in [0.15, 0.2) is 48.5 Å². The first-order chi connectivity index (χ1) is 12.4. The summed E-state index contributed by atoms with van der Waals surface area (Å²) in [6.07, 6.45) is 0. The van der Waals surface area contributed by atoms with Gasteiger partial charge in [0.25, 0.3) is 0 Å². The van der Waals surface area contributed by atoms with Gasteiger partial charge in [0.1, 0.15) is 0 Å². The van der Waals surface area contributed by atoms with Crippen molar-refractivity contribution in [1.82, 2.24) is 9.78 Å². The first kappa shape index (κ1) is 18.4. The van der Waals surface area contributed by atoms with E-state index in [1.165, 1.54) is 11.1 Å². The van der Waals surface area contributed by atoms with Crippen LogP contribution in [0.5, 0.6) is 0 Å². The van der Waals surface area contributed by atoms with Crippen molar-refractivity contribution in [1.29, 1.82) is 0 Å². The van der Waals surface area contributed by atoms with Crippen molar-refractivity contribution < 1.29 is 0 Å². The summed E-state index contributed by atoms with van der Waals surface area (Å²) in [5, 5.41) is 12.3. The third-order valence-corrected chi connectivity index (χ3v) is 4.78. The molecule has 0 radical (unpaired) electrons. The lowest BCUT2D eigenvalue weighted by atomic mass is 10.1. The molecule has 26 heavy (non-hydrogen) atoms. The van der Waals surface area contributed by atoms with E-state index in [0.717, 1.165) is 27.8 Å². The number of anilines is 2. The van der Waals surface area contributed by atoms with Crippen molar-refractivity contribution in [3.05, 3.63) is 75.9 Å². The Morgan fingerprint density at radius 3 is 2.54 bits per heavy atom. The number of rotatable bonds is 4. The largest absolute Gasteiger partial charge is 0.332 e. The highest BCUT2D eigenvalue weighted by atomic mass is 35.5. The van der Waals surface area contributed by atoms with Crippen LogP contribution < -0.4 is 10.6 Å². The fourth-order valence-corrected chi connectivity index (χ4v) is 2.99. The van der Waals surface area contributed by atoms with E-state index in [0.29, 0.717) is 11.7 Å². The lowest BCUT2D eigenvalue weighted by Gasteiger charge is -2.12. The highest BCUT2D eigenvalue weighted by Crippen LogP contribution is 2.19. The van der Waals surface area contributed by atoms with Gasteiger partial charge in [-0.2, -0.15) is 5.10 Å². The van der Waals surface area contributed by atoms with Gasteiger partial charge >= 0.3 is 0 Å². The highest BCUT2D eigenvalue weighted by molar-refractivity contribution is 7.80. The lowest BCUT2D eigenvalue weighted by Crippen LogP contribution is -2.20. The van der Waals surface area contributed by atoms with Crippen LogP contribution in [0.3, 0.4) is 0 Å². The van der Waals surface area contributed by atoms with E-state index in [1.54, 1.807) is 0 Å². The minimum absolute atomic E-state index is 0.523. The van der Waals surface area contributed by atoms with Crippen molar-refractivity contribution in [2.24, 2.45) is 0 Å². The van der Waals surface area contributed by atoms with E-state index in [-0.39, 0.29) is 0 Å². The van der Waals surface area contributed by atoms with E-state index >= 15 is 0 Å². The van der Waals surface area contributed by atoms with Crippen LogP contribution >= 0.6 is 23.8 Å². The summed E-state index contributed by atoms with van der Waals surface area (Å²) in [4.78, 5) is 0. The Morgan fingerprint density at radius 2 is 1.81 bits per heavy atom. The van der Waals surface area contributed by atoms with Gasteiger partial charge in [-0.1, -0.05) is 35.9 Å². The Bertz CT molecular complexity index is 931. The third-order valence-electron chi connectivity index (χ3n) is 4.32. The molecule has 0 bridgehead atoms. The van der Waals surface area contributed by atoms with Gasteiger partial charge in [-0.3, -0.25) is 4.68 Å². The Labute approximate surface area is 164 Å². The zero-order valence-corrected chi connectivity index (χ0v) is 16.6. The van der Waals surface area contributed by atoms with Gasteiger partial charge in [0.05, 0.1) is 6.54 Å². The van der Waals surface area contributed by atoms with E-state index in [9.17, 15) is 0 Å². The summed E-state index contributed by atoms with van der Waals surface area (Å²) in [5.74, 6) is 0.722. The normalized spacial score (nSPS) is 10.6. The molecule has 0 spiro atoms. The van der Waals surface area contributed by atoms with Crippen molar-refractivity contribution in [3.8, 4) is 0 Å². The van der Waals surface area contributed by atoms with E-state index in [4.69, 9.17) is 23.8 Å². The van der Waals surface area contributed by atoms with Crippen LogP contribution in [0, 0.1) is 20.8 Å². The van der Waals surface area contributed by atoms with Crippen LogP contribution in [0.2, 0.25) is 5.02 Å². The second-order valence-electron chi connectivity index (χ2n) is 6.28. The maximum atomic E-state index is 5.94. The number of nitrogens with zero attached hydrogens (tertiary/aromatic N) is 2. The lowest BCUT2D eigenvalue weighted by molar-refractivity contribution is 0.668. The van der Waals surface area contributed by atoms with Gasteiger partial charge in [0.15, 0.2) is 10.9 Å². The van der Waals surface area contributed by atoms with Gasteiger partial charge < -0.3 is 10.6 Å². The average molecular weight is 385 g/mol. The van der Waals surface area contributed by atoms with E-state index in [2.05, 4.69) is 35.6 Å².